The summed E-state index contributed by atoms with van der Waals surface area (Å²) in [4.78, 5) is 28.5. The second-order valence-corrected chi connectivity index (χ2v) is 8.15. The van der Waals surface area contributed by atoms with Crippen molar-refractivity contribution in [3.05, 3.63) is 81.8 Å². The molecule has 1 fully saturated rings. The van der Waals surface area contributed by atoms with E-state index >= 15 is 0 Å². The van der Waals surface area contributed by atoms with Crippen molar-refractivity contribution in [2.45, 2.75) is 39.2 Å². The first-order valence-electron chi connectivity index (χ1n) is 11.0. The van der Waals surface area contributed by atoms with E-state index in [0.29, 0.717) is 16.9 Å². The van der Waals surface area contributed by atoms with E-state index in [0.717, 1.165) is 48.9 Å². The largest absolute Gasteiger partial charge is 0.373 e. The second-order valence-electron chi connectivity index (χ2n) is 8.15. The summed E-state index contributed by atoms with van der Waals surface area (Å²) in [7, 11) is 1.77. The summed E-state index contributed by atoms with van der Waals surface area (Å²) in [6.07, 6.45) is 6.33. The Balaban J connectivity index is 0.000000172. The lowest BCUT2D eigenvalue weighted by molar-refractivity contribution is 0.0139. The molecule has 9 heteroatoms. The summed E-state index contributed by atoms with van der Waals surface area (Å²) in [6, 6.07) is 7.11. The molecule has 1 aromatic carbocycles. The van der Waals surface area contributed by atoms with Crippen LogP contribution in [-0.4, -0.2) is 31.1 Å². The van der Waals surface area contributed by atoms with Crippen molar-refractivity contribution in [1.82, 2.24) is 24.5 Å². The topological polar surface area (TPSA) is 82.8 Å². The highest BCUT2D eigenvalue weighted by Crippen LogP contribution is 2.27. The Labute approximate surface area is 195 Å². The molecule has 1 atom stereocenters. The van der Waals surface area contributed by atoms with Crippen molar-refractivity contribution >= 4 is 11.2 Å². The minimum atomic E-state index is -0.690. The number of halogens is 2. The first-order valence-corrected chi connectivity index (χ1v) is 11.0. The Kier molecular flexibility index (Phi) is 7.02. The SMILES string of the molecule is Cc1nc2ncnc(-c3ccc(F)cc3F)c2nc1C.Cn1cccc(C2CCCCO2)c1=O. The summed E-state index contributed by atoms with van der Waals surface area (Å²) >= 11 is 0. The molecule has 0 radical (unpaired) electrons. The fraction of sp³-hybridized carbons (Fsp3) is 0.320. The molecule has 176 valence electrons. The molecule has 34 heavy (non-hydrogen) atoms. The highest BCUT2D eigenvalue weighted by atomic mass is 19.1. The van der Waals surface area contributed by atoms with E-state index in [1.807, 2.05) is 19.1 Å². The monoisotopic (exact) mass is 465 g/mol. The molecular formula is C25H25F2N5O2. The number of aryl methyl sites for hydroxylation is 3. The van der Waals surface area contributed by atoms with Crippen LogP contribution in [0, 0.1) is 25.5 Å². The van der Waals surface area contributed by atoms with Gasteiger partial charge in [0, 0.05) is 37.0 Å². The Morgan fingerprint density at radius 1 is 1.06 bits per heavy atom. The van der Waals surface area contributed by atoms with Gasteiger partial charge in [-0.2, -0.15) is 0 Å². The maximum atomic E-state index is 13.9. The van der Waals surface area contributed by atoms with Gasteiger partial charge >= 0.3 is 0 Å². The number of ether oxygens (including phenoxy) is 1. The van der Waals surface area contributed by atoms with E-state index in [1.54, 1.807) is 24.7 Å². The lowest BCUT2D eigenvalue weighted by atomic mass is 10.0. The first kappa shape index (κ1) is 23.6. The summed E-state index contributed by atoms with van der Waals surface area (Å²) in [5.74, 6) is -1.33. The lowest BCUT2D eigenvalue weighted by Gasteiger charge is -2.22. The second kappa shape index (κ2) is 10.1. The average Bonchev–Trinajstić information content (AvgIpc) is 2.83. The zero-order valence-electron chi connectivity index (χ0n) is 19.3. The number of aromatic nitrogens is 5. The molecule has 4 aromatic rings. The summed E-state index contributed by atoms with van der Waals surface area (Å²) < 4.78 is 34.1. The highest BCUT2D eigenvalue weighted by molar-refractivity contribution is 5.86. The third kappa shape index (κ3) is 4.99. The van der Waals surface area contributed by atoms with Gasteiger partial charge in [0.05, 0.1) is 17.5 Å². The molecule has 0 amide bonds. The first-order chi connectivity index (χ1) is 16.3. The van der Waals surface area contributed by atoms with Crippen LogP contribution in [0.25, 0.3) is 22.4 Å². The molecule has 0 spiro atoms. The maximum absolute atomic E-state index is 13.9. The highest BCUT2D eigenvalue weighted by Gasteiger charge is 2.19. The number of nitrogens with zero attached hydrogens (tertiary/aromatic N) is 5. The van der Waals surface area contributed by atoms with Gasteiger partial charge in [0.1, 0.15) is 29.2 Å². The number of rotatable bonds is 2. The van der Waals surface area contributed by atoms with Gasteiger partial charge in [0.2, 0.25) is 0 Å². The van der Waals surface area contributed by atoms with Gasteiger partial charge in [-0.05, 0) is 57.4 Å². The molecular weight excluding hydrogens is 440 g/mol. The number of hydrogen-bond donors (Lipinski definition) is 0. The molecule has 0 aliphatic carbocycles. The summed E-state index contributed by atoms with van der Waals surface area (Å²) in [5.41, 5.74) is 3.62. The number of hydrogen-bond acceptors (Lipinski definition) is 6. The summed E-state index contributed by atoms with van der Waals surface area (Å²) in [5, 5.41) is 0. The van der Waals surface area contributed by atoms with Crippen LogP contribution < -0.4 is 5.56 Å². The molecule has 0 bridgehead atoms. The smallest absolute Gasteiger partial charge is 0.256 e. The van der Waals surface area contributed by atoms with Crippen LogP contribution in [0.15, 0.2) is 47.7 Å². The van der Waals surface area contributed by atoms with Gasteiger partial charge in [-0.15, -0.1) is 0 Å². The number of fused-ring (bicyclic) bond motifs is 1. The van der Waals surface area contributed by atoms with Crippen LogP contribution in [0.4, 0.5) is 8.78 Å². The summed E-state index contributed by atoms with van der Waals surface area (Å²) in [6.45, 7) is 4.41. The van der Waals surface area contributed by atoms with Crippen LogP contribution in [-0.2, 0) is 11.8 Å². The van der Waals surface area contributed by atoms with Gasteiger partial charge in [-0.1, -0.05) is 0 Å². The Morgan fingerprint density at radius 2 is 1.85 bits per heavy atom. The third-order valence-electron chi connectivity index (χ3n) is 5.75. The van der Waals surface area contributed by atoms with Crippen molar-refractivity contribution in [2.75, 3.05) is 6.61 Å². The van der Waals surface area contributed by atoms with Crippen LogP contribution in [0.2, 0.25) is 0 Å². The normalized spacial score (nSPS) is 15.6. The zero-order chi connectivity index (χ0) is 24.2. The van der Waals surface area contributed by atoms with E-state index in [2.05, 4.69) is 19.9 Å². The van der Waals surface area contributed by atoms with Crippen LogP contribution in [0.1, 0.15) is 42.3 Å². The minimum absolute atomic E-state index is 0.0173. The fourth-order valence-corrected chi connectivity index (χ4v) is 3.77. The minimum Gasteiger partial charge on any atom is -0.373 e. The third-order valence-corrected chi connectivity index (χ3v) is 5.75. The van der Waals surface area contributed by atoms with Gasteiger partial charge < -0.3 is 9.30 Å². The maximum Gasteiger partial charge on any atom is 0.256 e. The van der Waals surface area contributed by atoms with Crippen molar-refractivity contribution in [3.63, 3.8) is 0 Å². The van der Waals surface area contributed by atoms with Crippen molar-refractivity contribution in [1.29, 1.82) is 0 Å². The molecule has 0 N–H and O–H groups in total. The van der Waals surface area contributed by atoms with E-state index in [1.165, 1.54) is 18.5 Å². The number of pyridine rings is 1. The molecule has 1 aliphatic heterocycles. The van der Waals surface area contributed by atoms with Crippen molar-refractivity contribution in [2.24, 2.45) is 7.05 Å². The van der Waals surface area contributed by atoms with Gasteiger partial charge in [0.25, 0.3) is 5.56 Å². The van der Waals surface area contributed by atoms with E-state index < -0.39 is 11.6 Å². The van der Waals surface area contributed by atoms with Gasteiger partial charge in [0.15, 0.2) is 5.65 Å². The molecule has 1 saturated heterocycles. The van der Waals surface area contributed by atoms with Crippen LogP contribution in [0.5, 0.6) is 0 Å². The van der Waals surface area contributed by atoms with Crippen molar-refractivity contribution in [3.8, 4) is 11.3 Å². The zero-order valence-corrected chi connectivity index (χ0v) is 19.3. The average molecular weight is 466 g/mol. The Morgan fingerprint density at radius 3 is 2.59 bits per heavy atom. The van der Waals surface area contributed by atoms with Gasteiger partial charge in [-0.3, -0.25) is 4.79 Å². The molecule has 1 unspecified atom stereocenters. The van der Waals surface area contributed by atoms with E-state index in [4.69, 9.17) is 4.74 Å². The number of benzene rings is 1. The van der Waals surface area contributed by atoms with E-state index in [-0.39, 0.29) is 17.2 Å². The van der Waals surface area contributed by atoms with Crippen molar-refractivity contribution < 1.29 is 13.5 Å². The molecule has 5 rings (SSSR count). The quantitative estimate of drug-likeness (QED) is 0.430. The molecule has 1 aliphatic rings. The predicted octanol–water partition coefficient (Wildman–Crippen LogP) is 4.61. The predicted molar refractivity (Wildman–Crippen MR) is 124 cm³/mol. The molecule has 3 aromatic heterocycles. The standard InChI is InChI=1S/C14H10F2N4.C11H15NO2/c1-7-8(2)20-14-13(19-7)12(17-6-18-14)10-4-3-9(15)5-11(10)16;1-12-7-4-5-9(11(12)13)10-6-2-3-8-14-10/h3-6H,1-2H3;4-5,7,10H,2-3,6,8H2,1H3. The molecule has 4 heterocycles. The fourth-order valence-electron chi connectivity index (χ4n) is 3.77. The van der Waals surface area contributed by atoms with Crippen LogP contribution >= 0.6 is 0 Å². The van der Waals surface area contributed by atoms with Crippen LogP contribution in [0.3, 0.4) is 0 Å². The Hall–Kier alpha value is -3.59. The molecule has 7 nitrogen and oxygen atoms in total. The van der Waals surface area contributed by atoms with E-state index in [9.17, 15) is 13.6 Å². The van der Waals surface area contributed by atoms with Gasteiger partial charge in [-0.25, -0.2) is 28.7 Å². The molecule has 0 saturated carbocycles. The Bertz CT molecular complexity index is 1380. The lowest BCUT2D eigenvalue weighted by Crippen LogP contribution is -2.25.